The molecule has 0 radical (unpaired) electrons. The summed E-state index contributed by atoms with van der Waals surface area (Å²) in [5.41, 5.74) is 4.67. The zero-order valence-corrected chi connectivity index (χ0v) is 15.1. The molecule has 0 fully saturated rings. The van der Waals surface area contributed by atoms with Crippen molar-refractivity contribution in [1.29, 1.82) is 0 Å². The summed E-state index contributed by atoms with van der Waals surface area (Å²) in [5, 5.41) is 17.0. The molecule has 0 aliphatic carbocycles. The Balaban J connectivity index is 1.57. The molecule has 136 valence electrons. The minimum Gasteiger partial charge on any atom is -0.377 e. The van der Waals surface area contributed by atoms with Gasteiger partial charge in [0.2, 0.25) is 5.91 Å². The highest BCUT2D eigenvalue weighted by atomic mass is 16.5. The minimum atomic E-state index is -0.0296. The first kappa shape index (κ1) is 17.8. The van der Waals surface area contributed by atoms with Gasteiger partial charge in [-0.15, -0.1) is 0 Å². The van der Waals surface area contributed by atoms with E-state index in [1.807, 2.05) is 38.1 Å². The first-order valence-electron chi connectivity index (χ1n) is 8.37. The Morgan fingerprint density at radius 1 is 1.15 bits per heavy atom. The number of nitrogens with zero attached hydrogens (tertiary/aromatic N) is 3. The fourth-order valence-corrected chi connectivity index (χ4v) is 2.73. The maximum Gasteiger partial charge on any atom is 0.224 e. The molecule has 0 unspecified atom stereocenters. The van der Waals surface area contributed by atoms with Gasteiger partial charge in [0.1, 0.15) is 6.61 Å². The topological polar surface area (TPSA) is 109 Å². The van der Waals surface area contributed by atoms with Crippen LogP contribution >= 0.6 is 0 Å². The number of ether oxygens (including phenoxy) is 1. The lowest BCUT2D eigenvalue weighted by Crippen LogP contribution is -2.12. The molecular formula is C18H22N6O2. The Morgan fingerprint density at radius 2 is 1.92 bits per heavy atom. The maximum atomic E-state index is 12.2. The normalized spacial score (nSPS) is 10.9. The van der Waals surface area contributed by atoms with Crippen LogP contribution in [0.25, 0.3) is 11.4 Å². The van der Waals surface area contributed by atoms with E-state index in [-0.39, 0.29) is 5.91 Å². The van der Waals surface area contributed by atoms with Crippen LogP contribution in [0.3, 0.4) is 0 Å². The number of carbonyl (C=O) groups is 1. The summed E-state index contributed by atoms with van der Waals surface area (Å²) in [4.78, 5) is 16.5. The molecule has 1 aromatic carbocycles. The molecule has 8 nitrogen and oxygen atoms in total. The highest BCUT2D eigenvalue weighted by Gasteiger charge is 2.10. The predicted octanol–water partition coefficient (Wildman–Crippen LogP) is 2.53. The van der Waals surface area contributed by atoms with E-state index in [0.29, 0.717) is 31.1 Å². The van der Waals surface area contributed by atoms with E-state index in [0.717, 1.165) is 28.2 Å². The first-order valence-corrected chi connectivity index (χ1v) is 8.37. The fraction of sp³-hybridized carbons (Fsp3) is 0.333. The Bertz CT molecular complexity index is 862. The molecule has 0 atom stereocenters. The smallest absolute Gasteiger partial charge is 0.224 e. The molecular weight excluding hydrogens is 332 g/mol. The van der Waals surface area contributed by atoms with E-state index in [4.69, 9.17) is 4.74 Å². The van der Waals surface area contributed by atoms with Crippen molar-refractivity contribution in [3.63, 3.8) is 0 Å². The quantitative estimate of drug-likeness (QED) is 0.604. The number of amides is 1. The number of aromatic nitrogens is 5. The van der Waals surface area contributed by atoms with Gasteiger partial charge < -0.3 is 10.1 Å². The monoisotopic (exact) mass is 354 g/mol. The van der Waals surface area contributed by atoms with Crippen LogP contribution in [0, 0.1) is 13.8 Å². The van der Waals surface area contributed by atoms with Gasteiger partial charge in [0.05, 0.1) is 5.69 Å². The van der Waals surface area contributed by atoms with Crippen LogP contribution in [0.2, 0.25) is 0 Å². The largest absolute Gasteiger partial charge is 0.377 e. The van der Waals surface area contributed by atoms with Gasteiger partial charge in [0.25, 0.3) is 0 Å². The number of anilines is 1. The third-order valence-electron chi connectivity index (χ3n) is 4.12. The summed E-state index contributed by atoms with van der Waals surface area (Å²) in [6.45, 7) is 4.29. The number of hydrogen-bond acceptors (Lipinski definition) is 5. The van der Waals surface area contributed by atoms with Crippen molar-refractivity contribution >= 4 is 11.6 Å². The van der Waals surface area contributed by atoms with E-state index >= 15 is 0 Å². The Hall–Kier alpha value is -3.00. The number of rotatable bonds is 7. The van der Waals surface area contributed by atoms with Crippen LogP contribution in [0.15, 0.2) is 24.3 Å². The number of benzene rings is 1. The minimum absolute atomic E-state index is 0.0296. The number of nitrogens with one attached hydrogen (secondary N) is 3. The summed E-state index contributed by atoms with van der Waals surface area (Å²) in [6.07, 6.45) is 1.07. The van der Waals surface area contributed by atoms with E-state index in [1.54, 1.807) is 7.11 Å². The van der Waals surface area contributed by atoms with Crippen LogP contribution in [0.4, 0.5) is 5.69 Å². The van der Waals surface area contributed by atoms with Crippen LogP contribution in [-0.4, -0.2) is 38.4 Å². The summed E-state index contributed by atoms with van der Waals surface area (Å²) in [6, 6.07) is 7.43. The average Bonchev–Trinajstić information content (AvgIpc) is 3.21. The second-order valence-electron chi connectivity index (χ2n) is 6.08. The van der Waals surface area contributed by atoms with Crippen molar-refractivity contribution < 1.29 is 9.53 Å². The number of carbonyl (C=O) groups excluding carboxylic acids is 1. The summed E-state index contributed by atoms with van der Waals surface area (Å²) >= 11 is 0. The molecule has 0 bridgehead atoms. The third kappa shape index (κ3) is 4.15. The van der Waals surface area contributed by atoms with Gasteiger partial charge in [-0.25, -0.2) is 4.98 Å². The molecule has 8 heteroatoms. The second kappa shape index (κ2) is 7.92. The standard InChI is InChI=1S/C18H22N6O2/c1-11-15(12(2)22-21-11)8-9-17(25)19-14-6-4-13(5-7-14)18-20-16(10-26-3)23-24-18/h4-7H,8-10H2,1-3H3,(H,19,25)(H,21,22)(H,20,23,24). The molecule has 0 saturated carbocycles. The molecule has 3 rings (SSSR count). The average molecular weight is 354 g/mol. The first-order chi connectivity index (χ1) is 12.6. The van der Waals surface area contributed by atoms with Crippen molar-refractivity contribution in [1.82, 2.24) is 25.4 Å². The molecule has 0 aliphatic rings. The van der Waals surface area contributed by atoms with Gasteiger partial charge in [-0.1, -0.05) is 0 Å². The molecule has 3 N–H and O–H groups in total. The number of aromatic amines is 2. The van der Waals surface area contributed by atoms with Crippen molar-refractivity contribution in [2.24, 2.45) is 0 Å². The molecule has 0 saturated heterocycles. The van der Waals surface area contributed by atoms with Crippen molar-refractivity contribution in [2.75, 3.05) is 12.4 Å². The van der Waals surface area contributed by atoms with Crippen LogP contribution < -0.4 is 5.32 Å². The Kier molecular flexibility index (Phi) is 5.43. The van der Waals surface area contributed by atoms with E-state index in [9.17, 15) is 4.79 Å². The van der Waals surface area contributed by atoms with E-state index < -0.39 is 0 Å². The van der Waals surface area contributed by atoms with Gasteiger partial charge in [0, 0.05) is 30.5 Å². The van der Waals surface area contributed by atoms with Gasteiger partial charge >= 0.3 is 0 Å². The molecule has 1 amide bonds. The lowest BCUT2D eigenvalue weighted by molar-refractivity contribution is -0.116. The number of methoxy groups -OCH3 is 1. The summed E-state index contributed by atoms with van der Waals surface area (Å²) in [5.74, 6) is 1.24. The zero-order valence-electron chi connectivity index (χ0n) is 15.1. The second-order valence-corrected chi connectivity index (χ2v) is 6.08. The van der Waals surface area contributed by atoms with Crippen molar-refractivity contribution in [2.45, 2.75) is 33.3 Å². The third-order valence-corrected chi connectivity index (χ3v) is 4.12. The number of H-pyrrole nitrogens is 2. The van der Waals surface area contributed by atoms with Crippen LogP contribution in [-0.2, 0) is 22.6 Å². The molecule has 0 aliphatic heterocycles. The summed E-state index contributed by atoms with van der Waals surface area (Å²) in [7, 11) is 1.61. The maximum absolute atomic E-state index is 12.2. The van der Waals surface area contributed by atoms with E-state index in [2.05, 4.69) is 30.7 Å². The molecule has 26 heavy (non-hydrogen) atoms. The number of aryl methyl sites for hydroxylation is 2. The molecule has 0 spiro atoms. The molecule has 3 aromatic rings. The molecule has 2 aromatic heterocycles. The summed E-state index contributed by atoms with van der Waals surface area (Å²) < 4.78 is 5.02. The lowest BCUT2D eigenvalue weighted by atomic mass is 10.1. The predicted molar refractivity (Wildman–Crippen MR) is 97.5 cm³/mol. The van der Waals surface area contributed by atoms with Crippen LogP contribution in [0.1, 0.15) is 29.2 Å². The zero-order chi connectivity index (χ0) is 18.5. The van der Waals surface area contributed by atoms with Crippen molar-refractivity contribution in [3.8, 4) is 11.4 Å². The highest BCUT2D eigenvalue weighted by molar-refractivity contribution is 5.91. The Labute approximate surface area is 151 Å². The SMILES string of the molecule is COCc1nc(-c2ccc(NC(=O)CCc3c(C)n[nH]c3C)cc2)n[nH]1. The van der Waals surface area contributed by atoms with Gasteiger partial charge in [-0.3, -0.25) is 15.0 Å². The van der Waals surface area contributed by atoms with E-state index in [1.165, 1.54) is 0 Å². The van der Waals surface area contributed by atoms with Crippen molar-refractivity contribution in [3.05, 3.63) is 47.0 Å². The van der Waals surface area contributed by atoms with Crippen LogP contribution in [0.5, 0.6) is 0 Å². The van der Waals surface area contributed by atoms with Gasteiger partial charge in [-0.2, -0.15) is 10.2 Å². The highest BCUT2D eigenvalue weighted by Crippen LogP contribution is 2.19. The Morgan fingerprint density at radius 3 is 2.58 bits per heavy atom. The molecule has 2 heterocycles. The fourth-order valence-electron chi connectivity index (χ4n) is 2.73. The number of hydrogen-bond donors (Lipinski definition) is 3. The van der Waals surface area contributed by atoms with Gasteiger partial charge in [0.15, 0.2) is 11.6 Å². The van der Waals surface area contributed by atoms with Gasteiger partial charge in [-0.05, 0) is 50.1 Å². The lowest BCUT2D eigenvalue weighted by Gasteiger charge is -2.06.